The van der Waals surface area contributed by atoms with Gasteiger partial charge in [0.25, 0.3) is 5.91 Å². The number of rotatable bonds is 11. The van der Waals surface area contributed by atoms with Gasteiger partial charge in [-0.25, -0.2) is 0 Å². The molecule has 3 aromatic rings. The van der Waals surface area contributed by atoms with Crippen molar-refractivity contribution in [2.75, 3.05) is 44.3 Å². The average molecular weight is 556 g/mol. The maximum absolute atomic E-state index is 14.0. The Morgan fingerprint density at radius 2 is 1.73 bits per heavy atom. The fourth-order valence-corrected chi connectivity index (χ4v) is 6.24. The minimum Gasteiger partial charge on any atom is -0.490 e. The molecule has 0 bridgehead atoms. The number of nitrogens with zero attached hydrogens (tertiary/aromatic N) is 2. The predicted molar refractivity (Wildman–Crippen MR) is 162 cm³/mol. The number of hydrogen-bond donors (Lipinski definition) is 1. The van der Waals surface area contributed by atoms with Gasteiger partial charge in [-0.2, -0.15) is 0 Å². The number of benzene rings is 3. The van der Waals surface area contributed by atoms with Crippen molar-refractivity contribution in [3.05, 3.63) is 88.5 Å². The number of ether oxygens (including phenoxy) is 2. The van der Waals surface area contributed by atoms with E-state index in [1.54, 1.807) is 0 Å². The van der Waals surface area contributed by atoms with E-state index in [1.165, 1.54) is 11.3 Å². The first-order chi connectivity index (χ1) is 20.0. The Kier molecular flexibility index (Phi) is 8.81. The molecule has 1 N–H and O–H groups in total. The highest BCUT2D eigenvalue weighted by molar-refractivity contribution is 6.01. The molecule has 2 heterocycles. The molecule has 0 saturated heterocycles. The molecule has 0 radical (unpaired) electrons. The Morgan fingerprint density at radius 3 is 2.46 bits per heavy atom. The topological polar surface area (TPSA) is 71.1 Å². The zero-order chi connectivity index (χ0) is 28.9. The molecule has 2 aliphatic rings. The van der Waals surface area contributed by atoms with Gasteiger partial charge in [0.2, 0.25) is 5.91 Å². The van der Waals surface area contributed by atoms with Crippen LogP contribution in [-0.2, 0) is 11.2 Å². The lowest BCUT2D eigenvalue weighted by atomic mass is 9.75. The number of carbonyl (C=O) groups is 2. The van der Waals surface area contributed by atoms with Crippen molar-refractivity contribution in [3.8, 4) is 11.5 Å². The van der Waals surface area contributed by atoms with Crippen LogP contribution in [0.25, 0.3) is 0 Å². The number of nitrogens with one attached hydrogen (secondary N) is 1. The fourth-order valence-electron chi connectivity index (χ4n) is 6.24. The summed E-state index contributed by atoms with van der Waals surface area (Å²) in [6, 6.07) is 19.7. The normalized spacial score (nSPS) is 17.3. The summed E-state index contributed by atoms with van der Waals surface area (Å²) in [5, 5.41) is 3.23. The molecule has 2 amide bonds. The largest absolute Gasteiger partial charge is 0.490 e. The Morgan fingerprint density at radius 1 is 0.976 bits per heavy atom. The van der Waals surface area contributed by atoms with Crippen LogP contribution in [0.1, 0.15) is 71.8 Å². The van der Waals surface area contributed by atoms with Crippen LogP contribution in [0.2, 0.25) is 0 Å². The molecular formula is C34H41N3O4. The minimum absolute atomic E-state index is 0.0242. The van der Waals surface area contributed by atoms with Crippen molar-refractivity contribution in [2.45, 2.75) is 52.5 Å². The highest BCUT2D eigenvalue weighted by Gasteiger charge is 2.46. The van der Waals surface area contributed by atoms with Crippen LogP contribution < -0.4 is 19.7 Å². The second kappa shape index (κ2) is 12.7. The smallest absolute Gasteiger partial charge is 0.254 e. The molecule has 0 unspecified atom stereocenters. The summed E-state index contributed by atoms with van der Waals surface area (Å²) >= 11 is 0. The van der Waals surface area contributed by atoms with Crippen molar-refractivity contribution < 1.29 is 19.1 Å². The van der Waals surface area contributed by atoms with Crippen LogP contribution in [0, 0.1) is 6.92 Å². The lowest BCUT2D eigenvalue weighted by molar-refractivity contribution is -0.124. The van der Waals surface area contributed by atoms with E-state index in [0.29, 0.717) is 49.8 Å². The fraction of sp³-hybridized carbons (Fsp3) is 0.412. The van der Waals surface area contributed by atoms with Gasteiger partial charge in [0.1, 0.15) is 0 Å². The molecule has 0 spiro atoms. The summed E-state index contributed by atoms with van der Waals surface area (Å²) in [7, 11) is 0. The minimum atomic E-state index is -0.519. The summed E-state index contributed by atoms with van der Waals surface area (Å²) in [6.07, 6.45) is 1.52. The molecule has 41 heavy (non-hydrogen) atoms. The quantitative estimate of drug-likeness (QED) is 0.309. The van der Waals surface area contributed by atoms with Crippen molar-refractivity contribution in [3.63, 3.8) is 0 Å². The molecule has 2 aliphatic heterocycles. The van der Waals surface area contributed by atoms with Crippen LogP contribution in [0.5, 0.6) is 11.5 Å². The molecule has 7 heteroatoms. The third-order valence-corrected chi connectivity index (χ3v) is 8.12. The number of aryl methyl sites for hydroxylation is 1. The van der Waals surface area contributed by atoms with Gasteiger partial charge in [0.05, 0.1) is 25.2 Å². The maximum Gasteiger partial charge on any atom is 0.254 e. The van der Waals surface area contributed by atoms with Crippen LogP contribution >= 0.6 is 0 Å². The SMILES string of the molecule is CCOc1cc2c(cc1OCC)[C@H]1[C@H](C(=O)NCCCN(CC)c3cccc(C)c3)c3ccccc3C(=O)N1CC2. The molecule has 0 fully saturated rings. The van der Waals surface area contributed by atoms with E-state index in [0.717, 1.165) is 36.2 Å². The van der Waals surface area contributed by atoms with E-state index >= 15 is 0 Å². The molecule has 5 rings (SSSR count). The summed E-state index contributed by atoms with van der Waals surface area (Å²) in [4.78, 5) is 31.9. The van der Waals surface area contributed by atoms with E-state index in [2.05, 4.69) is 48.3 Å². The van der Waals surface area contributed by atoms with E-state index in [4.69, 9.17) is 9.47 Å². The Balaban J connectivity index is 1.41. The van der Waals surface area contributed by atoms with Crippen molar-refractivity contribution in [2.24, 2.45) is 0 Å². The van der Waals surface area contributed by atoms with E-state index < -0.39 is 12.0 Å². The van der Waals surface area contributed by atoms with Gasteiger partial charge in [-0.3, -0.25) is 9.59 Å². The van der Waals surface area contributed by atoms with Gasteiger partial charge in [-0.15, -0.1) is 0 Å². The molecular weight excluding hydrogens is 514 g/mol. The van der Waals surface area contributed by atoms with Crippen LogP contribution in [-0.4, -0.2) is 56.1 Å². The number of fused-ring (bicyclic) bond motifs is 4. The number of amides is 2. The second-order valence-electron chi connectivity index (χ2n) is 10.7. The number of anilines is 1. The Bertz CT molecular complexity index is 1400. The predicted octanol–water partition coefficient (Wildman–Crippen LogP) is 5.66. The van der Waals surface area contributed by atoms with Crippen LogP contribution in [0.3, 0.4) is 0 Å². The lowest BCUT2D eigenvalue weighted by Gasteiger charge is -2.45. The molecule has 216 valence electrons. The van der Waals surface area contributed by atoms with Gasteiger partial charge in [-0.05, 0) is 93.1 Å². The standard InChI is InChI=1S/C34H41N3O4/c1-5-36(25-13-10-12-23(4)20-25)18-11-17-35-33(38)31-26-14-8-9-15-27(26)34(39)37-19-16-24-21-29(40-6-2)30(41-7-3)22-28(24)32(31)37/h8-10,12-15,20-22,31-32H,5-7,11,16-19H2,1-4H3,(H,35,38)/t31-,32+/m1/s1. The summed E-state index contributed by atoms with van der Waals surface area (Å²) in [5.41, 5.74) is 5.89. The van der Waals surface area contributed by atoms with Crippen LogP contribution in [0.15, 0.2) is 60.7 Å². The van der Waals surface area contributed by atoms with Gasteiger partial charge in [0.15, 0.2) is 11.5 Å². The van der Waals surface area contributed by atoms with E-state index in [1.807, 2.05) is 55.1 Å². The number of hydrogen-bond acceptors (Lipinski definition) is 5. The van der Waals surface area contributed by atoms with E-state index in [-0.39, 0.29) is 11.8 Å². The van der Waals surface area contributed by atoms with Crippen molar-refractivity contribution >= 4 is 17.5 Å². The maximum atomic E-state index is 14.0. The van der Waals surface area contributed by atoms with Crippen LogP contribution in [0.4, 0.5) is 5.69 Å². The molecule has 7 nitrogen and oxygen atoms in total. The second-order valence-corrected chi connectivity index (χ2v) is 10.7. The molecule has 2 atom stereocenters. The third-order valence-electron chi connectivity index (χ3n) is 8.12. The zero-order valence-corrected chi connectivity index (χ0v) is 24.6. The van der Waals surface area contributed by atoms with Gasteiger partial charge >= 0.3 is 0 Å². The Labute approximate surface area is 243 Å². The molecule has 0 aromatic heterocycles. The third kappa shape index (κ3) is 5.76. The summed E-state index contributed by atoms with van der Waals surface area (Å²) < 4.78 is 11.8. The monoisotopic (exact) mass is 555 g/mol. The summed E-state index contributed by atoms with van der Waals surface area (Å²) in [5.74, 6) is 0.756. The lowest BCUT2D eigenvalue weighted by Crippen LogP contribution is -2.50. The first kappa shape index (κ1) is 28.5. The van der Waals surface area contributed by atoms with Gasteiger partial charge in [0, 0.05) is 37.4 Å². The first-order valence-electron chi connectivity index (χ1n) is 14.9. The van der Waals surface area contributed by atoms with Crippen molar-refractivity contribution in [1.29, 1.82) is 0 Å². The van der Waals surface area contributed by atoms with E-state index in [9.17, 15) is 9.59 Å². The van der Waals surface area contributed by atoms with Crippen molar-refractivity contribution in [1.82, 2.24) is 10.2 Å². The highest BCUT2D eigenvalue weighted by atomic mass is 16.5. The first-order valence-corrected chi connectivity index (χ1v) is 14.9. The van der Waals surface area contributed by atoms with Gasteiger partial charge < -0.3 is 24.6 Å². The zero-order valence-electron chi connectivity index (χ0n) is 24.6. The molecule has 3 aromatic carbocycles. The average Bonchev–Trinajstić information content (AvgIpc) is 2.98. The number of carbonyl (C=O) groups excluding carboxylic acids is 2. The highest BCUT2D eigenvalue weighted by Crippen LogP contribution is 2.48. The Hall–Kier alpha value is -4.00. The van der Waals surface area contributed by atoms with Gasteiger partial charge in [-0.1, -0.05) is 30.3 Å². The summed E-state index contributed by atoms with van der Waals surface area (Å²) in [6.45, 7) is 12.0. The molecule has 0 aliphatic carbocycles. The molecule has 0 saturated carbocycles.